The number of hydrogen-bond acceptors (Lipinski definition) is 4. The van der Waals surface area contributed by atoms with Gasteiger partial charge in [0.2, 0.25) is 15.8 Å². The van der Waals surface area contributed by atoms with Crippen LogP contribution in [0.3, 0.4) is 0 Å². The molecule has 1 N–H and O–H groups in total. The fraction of sp³-hybridized carbons (Fsp3) is 0.250. The third-order valence-corrected chi connectivity index (χ3v) is 7.48. The van der Waals surface area contributed by atoms with Gasteiger partial charge in [0.15, 0.2) is 0 Å². The topological polar surface area (TPSA) is 63.2 Å². The molecule has 0 saturated heterocycles. The summed E-state index contributed by atoms with van der Waals surface area (Å²) < 4.78 is 28.6. The molecule has 0 bridgehead atoms. The van der Waals surface area contributed by atoms with Gasteiger partial charge in [-0.15, -0.1) is 11.3 Å². The van der Waals surface area contributed by atoms with Crippen LogP contribution in [0, 0.1) is 0 Å². The fourth-order valence-corrected chi connectivity index (χ4v) is 6.02. The lowest BCUT2D eigenvalue weighted by atomic mass is 10.0. The molecular weight excluding hydrogens is 402 g/mol. The number of hydrogen-bond donors (Lipinski definition) is 1. The second-order valence-electron chi connectivity index (χ2n) is 6.51. The van der Waals surface area contributed by atoms with Crippen LogP contribution >= 0.6 is 22.9 Å². The first-order valence-electron chi connectivity index (χ1n) is 8.61. The maximum atomic E-state index is 13.2. The highest BCUT2D eigenvalue weighted by atomic mass is 35.5. The molecule has 0 aliphatic carbocycles. The molecule has 7 heteroatoms. The van der Waals surface area contributed by atoms with Gasteiger partial charge < -0.3 is 0 Å². The lowest BCUT2D eigenvalue weighted by Gasteiger charge is -2.12. The second-order valence-corrected chi connectivity index (χ2v) is 9.65. The number of ketones is 1. The Balaban J connectivity index is 2.10. The van der Waals surface area contributed by atoms with E-state index in [4.69, 9.17) is 11.6 Å². The van der Waals surface area contributed by atoms with Crippen molar-refractivity contribution in [3.8, 4) is 0 Å². The summed E-state index contributed by atoms with van der Waals surface area (Å²) >= 11 is 7.54. The van der Waals surface area contributed by atoms with Gasteiger partial charge in [-0.3, -0.25) is 4.79 Å². The number of carbonyl (C=O) groups excluding carboxylic acids is 1. The van der Waals surface area contributed by atoms with Gasteiger partial charge in [0, 0.05) is 16.3 Å². The number of fused-ring (bicyclic) bond motifs is 1. The first kappa shape index (κ1) is 20.0. The lowest BCUT2D eigenvalue weighted by molar-refractivity contribution is 0.104. The van der Waals surface area contributed by atoms with Gasteiger partial charge in [-0.1, -0.05) is 36.7 Å². The van der Waals surface area contributed by atoms with Crippen LogP contribution in [0.5, 0.6) is 0 Å². The van der Waals surface area contributed by atoms with Gasteiger partial charge in [-0.2, -0.15) is 0 Å². The van der Waals surface area contributed by atoms with Crippen molar-refractivity contribution in [2.75, 3.05) is 0 Å². The maximum absolute atomic E-state index is 13.2. The van der Waals surface area contributed by atoms with Gasteiger partial charge >= 0.3 is 0 Å². The van der Waals surface area contributed by atoms with Crippen LogP contribution in [0.1, 0.15) is 41.6 Å². The standard InChI is InChI=1S/C20H20ClNO3S2/c1-4-14-15-7-5-6-8-17(15)26-20(14)19(23)13-9-10-16(21)18(11-13)27(24,25)22-12(2)3/h5-12,22H,4H2,1-3H3. The quantitative estimate of drug-likeness (QED) is 0.567. The van der Waals surface area contributed by atoms with E-state index in [0.29, 0.717) is 10.4 Å². The van der Waals surface area contributed by atoms with E-state index < -0.39 is 10.0 Å². The van der Waals surface area contributed by atoms with E-state index in [1.54, 1.807) is 19.9 Å². The highest BCUT2D eigenvalue weighted by molar-refractivity contribution is 7.89. The second kappa shape index (κ2) is 7.72. The zero-order chi connectivity index (χ0) is 19.8. The van der Waals surface area contributed by atoms with Crippen molar-refractivity contribution in [3.63, 3.8) is 0 Å². The Morgan fingerprint density at radius 2 is 1.89 bits per heavy atom. The number of aryl methyl sites for hydroxylation is 1. The van der Waals surface area contributed by atoms with E-state index in [2.05, 4.69) is 4.72 Å². The summed E-state index contributed by atoms with van der Waals surface area (Å²) in [5, 5.41) is 1.16. The fourth-order valence-electron chi connectivity index (χ4n) is 2.99. The van der Waals surface area contributed by atoms with E-state index in [1.165, 1.54) is 23.5 Å². The Bertz CT molecular complexity index is 1120. The normalized spacial score (nSPS) is 12.0. The average molecular weight is 422 g/mol. The highest BCUT2D eigenvalue weighted by Crippen LogP contribution is 2.34. The van der Waals surface area contributed by atoms with Gasteiger partial charge in [0.05, 0.1) is 9.90 Å². The molecule has 1 aromatic heterocycles. The summed E-state index contributed by atoms with van der Waals surface area (Å²) in [4.78, 5) is 13.7. The summed E-state index contributed by atoms with van der Waals surface area (Å²) in [6, 6.07) is 12.0. The van der Waals surface area contributed by atoms with E-state index in [9.17, 15) is 13.2 Å². The number of halogens is 1. The smallest absolute Gasteiger partial charge is 0.242 e. The number of sulfonamides is 1. The predicted octanol–water partition coefficient (Wildman–Crippen LogP) is 5.03. The number of nitrogens with one attached hydrogen (secondary N) is 1. The molecule has 3 rings (SSSR count). The monoisotopic (exact) mass is 421 g/mol. The number of carbonyl (C=O) groups is 1. The van der Waals surface area contributed by atoms with Crippen molar-refractivity contribution < 1.29 is 13.2 Å². The minimum absolute atomic E-state index is 0.0807. The minimum Gasteiger partial charge on any atom is -0.288 e. The zero-order valence-electron chi connectivity index (χ0n) is 15.2. The van der Waals surface area contributed by atoms with Crippen LogP contribution in [0.4, 0.5) is 0 Å². The van der Waals surface area contributed by atoms with Gasteiger partial charge in [-0.05, 0) is 55.5 Å². The van der Waals surface area contributed by atoms with Crippen LogP contribution in [-0.2, 0) is 16.4 Å². The molecule has 0 spiro atoms. The van der Waals surface area contributed by atoms with Crippen molar-refractivity contribution in [1.29, 1.82) is 0 Å². The number of rotatable bonds is 6. The molecule has 2 aromatic carbocycles. The number of benzene rings is 2. The molecule has 4 nitrogen and oxygen atoms in total. The third kappa shape index (κ3) is 3.94. The van der Waals surface area contributed by atoms with Crippen molar-refractivity contribution >= 4 is 48.8 Å². The zero-order valence-corrected chi connectivity index (χ0v) is 17.6. The first-order chi connectivity index (χ1) is 12.7. The van der Waals surface area contributed by atoms with Crippen molar-refractivity contribution in [2.24, 2.45) is 0 Å². The molecule has 0 aliphatic heterocycles. The maximum Gasteiger partial charge on any atom is 0.242 e. The van der Waals surface area contributed by atoms with Crippen molar-refractivity contribution in [3.05, 3.63) is 63.5 Å². The Hall–Kier alpha value is -1.73. The van der Waals surface area contributed by atoms with E-state index in [-0.39, 0.29) is 21.7 Å². The van der Waals surface area contributed by atoms with Gasteiger partial charge in [-0.25, -0.2) is 13.1 Å². The first-order valence-corrected chi connectivity index (χ1v) is 11.3. The van der Waals surface area contributed by atoms with Crippen LogP contribution < -0.4 is 4.72 Å². The molecule has 0 fully saturated rings. The van der Waals surface area contributed by atoms with Gasteiger partial charge in [0.1, 0.15) is 4.90 Å². The average Bonchev–Trinajstić information content (AvgIpc) is 2.98. The molecule has 27 heavy (non-hydrogen) atoms. The minimum atomic E-state index is -3.80. The molecule has 0 amide bonds. The summed E-state index contributed by atoms with van der Waals surface area (Å²) in [7, 11) is -3.80. The molecule has 0 unspecified atom stereocenters. The molecule has 0 radical (unpaired) electrons. The Morgan fingerprint density at radius 3 is 2.56 bits per heavy atom. The van der Waals surface area contributed by atoms with Crippen LogP contribution in [-0.4, -0.2) is 20.2 Å². The van der Waals surface area contributed by atoms with Crippen LogP contribution in [0.25, 0.3) is 10.1 Å². The summed E-state index contributed by atoms with van der Waals surface area (Å²) in [6.45, 7) is 5.46. The largest absolute Gasteiger partial charge is 0.288 e. The Morgan fingerprint density at radius 1 is 1.19 bits per heavy atom. The number of thiophene rings is 1. The summed E-state index contributed by atoms with van der Waals surface area (Å²) in [6.07, 6.45) is 0.721. The van der Waals surface area contributed by atoms with Crippen LogP contribution in [0.15, 0.2) is 47.4 Å². The lowest BCUT2D eigenvalue weighted by Crippen LogP contribution is -2.30. The van der Waals surface area contributed by atoms with Gasteiger partial charge in [0.25, 0.3) is 0 Å². The predicted molar refractivity (Wildman–Crippen MR) is 112 cm³/mol. The molecule has 1 heterocycles. The molecular formula is C20H20ClNO3S2. The SMILES string of the molecule is CCc1c(C(=O)c2ccc(Cl)c(S(=O)(=O)NC(C)C)c2)sc2ccccc12. The van der Waals surface area contributed by atoms with E-state index >= 15 is 0 Å². The van der Waals surface area contributed by atoms with Crippen molar-refractivity contribution in [2.45, 2.75) is 38.1 Å². The third-order valence-electron chi connectivity index (χ3n) is 4.13. The summed E-state index contributed by atoms with van der Waals surface area (Å²) in [5.74, 6) is -0.189. The molecule has 0 aliphatic rings. The van der Waals surface area contributed by atoms with Crippen molar-refractivity contribution in [1.82, 2.24) is 4.72 Å². The molecule has 3 aromatic rings. The highest BCUT2D eigenvalue weighted by Gasteiger charge is 2.23. The molecule has 0 saturated carbocycles. The van der Waals surface area contributed by atoms with E-state index in [1.807, 2.05) is 31.2 Å². The Labute approximate surface area is 168 Å². The summed E-state index contributed by atoms with van der Waals surface area (Å²) in [5.41, 5.74) is 1.30. The molecule has 142 valence electrons. The molecule has 0 atom stereocenters. The Kier molecular flexibility index (Phi) is 5.72. The van der Waals surface area contributed by atoms with Crippen LogP contribution in [0.2, 0.25) is 5.02 Å². The van der Waals surface area contributed by atoms with E-state index in [0.717, 1.165) is 22.1 Å².